The number of carbonyl (C=O) groups is 2. The maximum Gasteiger partial charge on any atom is 0.338 e. The van der Waals surface area contributed by atoms with Crippen LogP contribution < -0.4 is 10.2 Å². The first-order valence-corrected chi connectivity index (χ1v) is 9.56. The van der Waals surface area contributed by atoms with Crippen molar-refractivity contribution in [1.29, 1.82) is 0 Å². The van der Waals surface area contributed by atoms with Crippen LogP contribution in [0.1, 0.15) is 33.2 Å². The molecule has 6 nitrogen and oxygen atoms in total. The van der Waals surface area contributed by atoms with Gasteiger partial charge in [-0.3, -0.25) is 4.79 Å². The second-order valence-corrected chi connectivity index (χ2v) is 6.69. The van der Waals surface area contributed by atoms with E-state index in [0.717, 1.165) is 18.8 Å². The lowest BCUT2D eigenvalue weighted by molar-refractivity contribution is 0.0526. The highest BCUT2D eigenvalue weighted by Gasteiger charge is 2.20. The van der Waals surface area contributed by atoms with Crippen molar-refractivity contribution in [3.63, 3.8) is 0 Å². The molecule has 0 spiro atoms. The molecule has 1 aromatic heterocycles. The summed E-state index contributed by atoms with van der Waals surface area (Å²) in [4.78, 5) is 30.8. The molecular formula is C23H21N3O3. The van der Waals surface area contributed by atoms with Gasteiger partial charge in [0.15, 0.2) is 0 Å². The topological polar surface area (TPSA) is 71.5 Å². The highest BCUT2D eigenvalue weighted by molar-refractivity contribution is 6.04. The van der Waals surface area contributed by atoms with E-state index in [4.69, 9.17) is 4.74 Å². The van der Waals surface area contributed by atoms with Crippen molar-refractivity contribution in [2.45, 2.75) is 13.3 Å². The summed E-state index contributed by atoms with van der Waals surface area (Å²) >= 11 is 0. The van der Waals surface area contributed by atoms with Crippen LogP contribution in [-0.2, 0) is 11.2 Å². The molecule has 1 aliphatic heterocycles. The number of fused-ring (bicyclic) bond motifs is 1. The molecule has 1 amide bonds. The first kappa shape index (κ1) is 18.7. The van der Waals surface area contributed by atoms with Crippen LogP contribution in [0.2, 0.25) is 0 Å². The van der Waals surface area contributed by atoms with Gasteiger partial charge in [-0.15, -0.1) is 0 Å². The molecule has 0 unspecified atom stereocenters. The monoisotopic (exact) mass is 387 g/mol. The van der Waals surface area contributed by atoms with Crippen molar-refractivity contribution < 1.29 is 14.3 Å². The maximum absolute atomic E-state index is 12.5. The van der Waals surface area contributed by atoms with Gasteiger partial charge in [-0.2, -0.15) is 0 Å². The van der Waals surface area contributed by atoms with Crippen LogP contribution in [0.25, 0.3) is 0 Å². The van der Waals surface area contributed by atoms with Crippen LogP contribution in [0, 0.1) is 0 Å². The van der Waals surface area contributed by atoms with Crippen LogP contribution in [-0.4, -0.2) is 30.0 Å². The Morgan fingerprint density at radius 2 is 1.79 bits per heavy atom. The van der Waals surface area contributed by atoms with E-state index in [2.05, 4.69) is 27.3 Å². The van der Waals surface area contributed by atoms with Gasteiger partial charge in [-0.05, 0) is 61.4 Å². The van der Waals surface area contributed by atoms with Crippen molar-refractivity contribution in [3.8, 4) is 0 Å². The van der Waals surface area contributed by atoms with Crippen molar-refractivity contribution in [2.75, 3.05) is 23.4 Å². The standard InChI is InChI=1S/C23H21N3O3/c1-2-29-23(28)17-7-10-19(11-8-17)25-22(27)18-9-12-21(24-15-18)26-14-13-16-5-3-4-6-20(16)26/h3-12,15H,2,13-14H2,1H3,(H,25,27). The lowest BCUT2D eigenvalue weighted by Crippen LogP contribution is -2.16. The highest BCUT2D eigenvalue weighted by Crippen LogP contribution is 2.33. The number of para-hydroxylation sites is 1. The Morgan fingerprint density at radius 1 is 1.03 bits per heavy atom. The Hall–Kier alpha value is -3.67. The van der Waals surface area contributed by atoms with E-state index in [9.17, 15) is 9.59 Å². The quantitative estimate of drug-likeness (QED) is 0.664. The van der Waals surface area contributed by atoms with Gasteiger partial charge >= 0.3 is 5.97 Å². The number of carbonyl (C=O) groups excluding carboxylic acids is 2. The summed E-state index contributed by atoms with van der Waals surface area (Å²) in [6, 6.07) is 18.5. The van der Waals surface area contributed by atoms with Gasteiger partial charge in [-0.1, -0.05) is 18.2 Å². The van der Waals surface area contributed by atoms with Crippen LogP contribution in [0.15, 0.2) is 66.9 Å². The Labute approximate surface area is 169 Å². The Morgan fingerprint density at radius 3 is 2.52 bits per heavy atom. The number of benzene rings is 2. The van der Waals surface area contributed by atoms with Crippen molar-refractivity contribution in [2.24, 2.45) is 0 Å². The lowest BCUT2D eigenvalue weighted by Gasteiger charge is -2.18. The third kappa shape index (κ3) is 3.96. The number of ether oxygens (including phenoxy) is 1. The first-order chi connectivity index (χ1) is 14.2. The molecule has 0 radical (unpaired) electrons. The zero-order valence-corrected chi connectivity index (χ0v) is 16.1. The minimum Gasteiger partial charge on any atom is -0.462 e. The number of amides is 1. The van der Waals surface area contributed by atoms with Gasteiger partial charge in [0, 0.05) is 24.1 Å². The average molecular weight is 387 g/mol. The molecule has 4 rings (SSSR count). The molecule has 1 N–H and O–H groups in total. The molecule has 6 heteroatoms. The summed E-state index contributed by atoms with van der Waals surface area (Å²) in [5, 5.41) is 2.82. The van der Waals surface area contributed by atoms with Crippen LogP contribution in [0.3, 0.4) is 0 Å². The molecule has 0 saturated carbocycles. The van der Waals surface area contributed by atoms with E-state index < -0.39 is 0 Å². The molecule has 3 aromatic rings. The third-order valence-electron chi connectivity index (χ3n) is 4.83. The molecule has 146 valence electrons. The number of nitrogens with zero attached hydrogens (tertiary/aromatic N) is 2. The van der Waals surface area contributed by atoms with Crippen molar-refractivity contribution >= 4 is 29.1 Å². The minimum absolute atomic E-state index is 0.255. The van der Waals surface area contributed by atoms with Gasteiger partial charge in [0.1, 0.15) is 5.82 Å². The largest absolute Gasteiger partial charge is 0.462 e. The fraction of sp³-hybridized carbons (Fsp3) is 0.174. The first-order valence-electron chi connectivity index (χ1n) is 9.56. The minimum atomic E-state index is -0.381. The molecule has 0 fully saturated rings. The van der Waals surface area contributed by atoms with Gasteiger partial charge in [0.25, 0.3) is 5.91 Å². The van der Waals surface area contributed by atoms with E-state index >= 15 is 0 Å². The van der Waals surface area contributed by atoms with Gasteiger partial charge < -0.3 is 15.0 Å². The molecule has 0 bridgehead atoms. The molecule has 29 heavy (non-hydrogen) atoms. The molecule has 2 aromatic carbocycles. The summed E-state index contributed by atoms with van der Waals surface area (Å²) in [5.74, 6) is 0.189. The number of rotatable bonds is 5. The molecule has 2 heterocycles. The molecule has 1 aliphatic rings. The number of esters is 1. The van der Waals surface area contributed by atoms with Gasteiger partial charge in [0.05, 0.1) is 17.7 Å². The van der Waals surface area contributed by atoms with E-state index in [1.54, 1.807) is 43.5 Å². The van der Waals surface area contributed by atoms with E-state index in [-0.39, 0.29) is 11.9 Å². The highest BCUT2D eigenvalue weighted by atomic mass is 16.5. The fourth-order valence-corrected chi connectivity index (χ4v) is 3.36. The van der Waals surface area contributed by atoms with Gasteiger partial charge in [-0.25, -0.2) is 9.78 Å². The smallest absolute Gasteiger partial charge is 0.338 e. The van der Waals surface area contributed by atoms with E-state index in [1.807, 2.05) is 18.2 Å². The second-order valence-electron chi connectivity index (χ2n) is 6.69. The summed E-state index contributed by atoms with van der Waals surface area (Å²) in [5.41, 5.74) is 3.99. The number of hydrogen-bond donors (Lipinski definition) is 1. The average Bonchev–Trinajstić information content (AvgIpc) is 3.19. The van der Waals surface area contributed by atoms with Crippen molar-refractivity contribution in [1.82, 2.24) is 4.98 Å². The Kier molecular flexibility index (Phi) is 5.24. The number of anilines is 3. The predicted molar refractivity (Wildman–Crippen MR) is 112 cm³/mol. The lowest BCUT2D eigenvalue weighted by atomic mass is 10.2. The second kappa shape index (κ2) is 8.14. The molecule has 0 aliphatic carbocycles. The zero-order valence-electron chi connectivity index (χ0n) is 16.1. The zero-order chi connectivity index (χ0) is 20.2. The van der Waals surface area contributed by atoms with Crippen molar-refractivity contribution in [3.05, 3.63) is 83.6 Å². The molecule has 0 atom stereocenters. The summed E-state index contributed by atoms with van der Waals surface area (Å²) < 4.78 is 4.96. The molecular weight excluding hydrogens is 366 g/mol. The normalized spacial score (nSPS) is 12.4. The SMILES string of the molecule is CCOC(=O)c1ccc(NC(=O)c2ccc(N3CCc4ccccc43)nc2)cc1. The number of pyridine rings is 1. The summed E-state index contributed by atoms with van der Waals surface area (Å²) in [6.07, 6.45) is 2.57. The van der Waals surface area contributed by atoms with E-state index in [1.165, 1.54) is 11.3 Å². The Balaban J connectivity index is 1.43. The Bertz CT molecular complexity index is 1030. The number of hydrogen-bond acceptors (Lipinski definition) is 5. The maximum atomic E-state index is 12.5. The van der Waals surface area contributed by atoms with Crippen LogP contribution in [0.5, 0.6) is 0 Å². The summed E-state index contributed by atoms with van der Waals surface area (Å²) in [6.45, 7) is 2.96. The fourth-order valence-electron chi connectivity index (χ4n) is 3.36. The molecule has 0 saturated heterocycles. The number of aromatic nitrogens is 1. The van der Waals surface area contributed by atoms with Crippen LogP contribution >= 0.6 is 0 Å². The van der Waals surface area contributed by atoms with Crippen LogP contribution in [0.4, 0.5) is 17.2 Å². The third-order valence-corrected chi connectivity index (χ3v) is 4.83. The number of nitrogens with one attached hydrogen (secondary N) is 1. The predicted octanol–water partition coefficient (Wildman–Crippen LogP) is 4.20. The summed E-state index contributed by atoms with van der Waals surface area (Å²) in [7, 11) is 0. The van der Waals surface area contributed by atoms with E-state index in [0.29, 0.717) is 23.4 Å². The van der Waals surface area contributed by atoms with Gasteiger partial charge in [0.2, 0.25) is 0 Å².